The van der Waals surface area contributed by atoms with Crippen LogP contribution in [0.5, 0.6) is 0 Å². The van der Waals surface area contributed by atoms with Gasteiger partial charge in [-0.25, -0.2) is 4.98 Å². The number of hydrogen-bond donors (Lipinski definition) is 3. The molecule has 0 amide bonds. The fourth-order valence-corrected chi connectivity index (χ4v) is 2.81. The van der Waals surface area contributed by atoms with Crippen LogP contribution in [0.1, 0.15) is 13.8 Å². The van der Waals surface area contributed by atoms with E-state index in [1.807, 2.05) is 74.5 Å². The van der Waals surface area contributed by atoms with Crippen LogP contribution in [0.25, 0.3) is 11.3 Å². The highest BCUT2D eigenvalue weighted by Gasteiger charge is 2.15. The molecule has 3 aromatic rings. The molecule has 0 saturated heterocycles. The summed E-state index contributed by atoms with van der Waals surface area (Å²) in [6, 6.07) is 19.1. The van der Waals surface area contributed by atoms with Crippen molar-refractivity contribution in [2.24, 2.45) is 5.92 Å². The molecule has 0 spiro atoms. The number of aromatic nitrogens is 2. The van der Waals surface area contributed by atoms with Crippen molar-refractivity contribution in [3.05, 3.63) is 65.7 Å². The number of aliphatic hydroxyl groups is 1. The Balaban J connectivity index is 1.99. The van der Waals surface area contributed by atoms with Gasteiger partial charge in [0.05, 0.1) is 29.1 Å². The highest BCUT2D eigenvalue weighted by Crippen LogP contribution is 2.27. The van der Waals surface area contributed by atoms with Crippen LogP contribution in [-0.4, -0.2) is 27.7 Å². The third kappa shape index (κ3) is 4.96. The zero-order valence-electron chi connectivity index (χ0n) is 15.4. The number of halogens is 1. The Morgan fingerprint density at radius 1 is 1.00 bits per heavy atom. The minimum atomic E-state index is -0.135. The lowest BCUT2D eigenvalue weighted by Crippen LogP contribution is -2.30. The molecule has 0 aliphatic rings. The van der Waals surface area contributed by atoms with E-state index in [2.05, 4.69) is 20.6 Å². The molecule has 0 bridgehead atoms. The van der Waals surface area contributed by atoms with Crippen molar-refractivity contribution in [1.82, 2.24) is 9.97 Å². The lowest BCUT2D eigenvalue weighted by atomic mass is 10.1. The third-order valence-electron chi connectivity index (χ3n) is 4.25. The maximum absolute atomic E-state index is 9.63. The lowest BCUT2D eigenvalue weighted by Gasteiger charge is -2.21. The molecule has 0 fully saturated rings. The van der Waals surface area contributed by atoms with Gasteiger partial charge in [0.25, 0.3) is 0 Å². The topological polar surface area (TPSA) is 70.1 Å². The molecule has 3 rings (SSSR count). The van der Waals surface area contributed by atoms with Crippen LogP contribution >= 0.6 is 11.6 Å². The van der Waals surface area contributed by atoms with Gasteiger partial charge in [-0.05, 0) is 18.1 Å². The molecule has 1 heterocycles. The zero-order chi connectivity index (χ0) is 19.2. The van der Waals surface area contributed by atoms with Crippen molar-refractivity contribution in [2.75, 3.05) is 17.2 Å². The number of aliphatic hydroxyl groups excluding tert-OH is 1. The second-order valence-corrected chi connectivity index (χ2v) is 7.02. The van der Waals surface area contributed by atoms with Crippen LogP contribution in [0, 0.1) is 5.92 Å². The summed E-state index contributed by atoms with van der Waals surface area (Å²) in [4.78, 5) is 9.19. The Morgan fingerprint density at radius 2 is 1.70 bits per heavy atom. The average Bonchev–Trinajstić information content (AvgIpc) is 2.68. The summed E-state index contributed by atoms with van der Waals surface area (Å²) in [6.45, 7) is 4.08. The van der Waals surface area contributed by atoms with Crippen LogP contribution in [0.4, 0.5) is 17.5 Å². The summed E-state index contributed by atoms with van der Waals surface area (Å²) in [6.07, 6.45) is 0. The predicted molar refractivity (Wildman–Crippen MR) is 112 cm³/mol. The molecule has 140 valence electrons. The quantitative estimate of drug-likeness (QED) is 0.538. The number of nitrogens with zero attached hydrogens (tertiary/aromatic N) is 2. The van der Waals surface area contributed by atoms with Crippen LogP contribution in [0.3, 0.4) is 0 Å². The monoisotopic (exact) mass is 382 g/mol. The summed E-state index contributed by atoms with van der Waals surface area (Å²) < 4.78 is 0. The molecular weight excluding hydrogens is 360 g/mol. The molecule has 6 heteroatoms. The molecule has 0 aliphatic carbocycles. The minimum Gasteiger partial charge on any atom is -0.394 e. The van der Waals surface area contributed by atoms with Gasteiger partial charge in [0.15, 0.2) is 0 Å². The lowest BCUT2D eigenvalue weighted by molar-refractivity contribution is 0.248. The van der Waals surface area contributed by atoms with Gasteiger partial charge in [0.2, 0.25) is 5.95 Å². The number of benzene rings is 2. The maximum atomic E-state index is 9.63. The Hall–Kier alpha value is -2.63. The highest BCUT2D eigenvalue weighted by atomic mass is 35.5. The van der Waals surface area contributed by atoms with Crippen molar-refractivity contribution in [3.63, 3.8) is 0 Å². The molecular formula is C21H23ClN4O. The van der Waals surface area contributed by atoms with Crippen LogP contribution in [0.15, 0.2) is 60.7 Å². The van der Waals surface area contributed by atoms with Crippen molar-refractivity contribution in [2.45, 2.75) is 19.9 Å². The van der Waals surface area contributed by atoms with Gasteiger partial charge in [0, 0.05) is 11.6 Å². The van der Waals surface area contributed by atoms with Gasteiger partial charge >= 0.3 is 0 Å². The van der Waals surface area contributed by atoms with E-state index in [4.69, 9.17) is 11.6 Å². The largest absolute Gasteiger partial charge is 0.394 e. The number of para-hydroxylation sites is 1. The first-order valence-electron chi connectivity index (χ1n) is 8.90. The number of hydrogen-bond acceptors (Lipinski definition) is 5. The Labute approximate surface area is 164 Å². The fraction of sp³-hybridized carbons (Fsp3) is 0.238. The SMILES string of the molecule is CC(C)[C@@H](CO)Nc1nc(Nc2ccccc2Cl)cc(-c2ccccc2)n1. The van der Waals surface area contributed by atoms with Crippen molar-refractivity contribution in [1.29, 1.82) is 0 Å². The first kappa shape index (κ1) is 19.1. The van der Waals surface area contributed by atoms with Gasteiger partial charge in [-0.2, -0.15) is 4.98 Å². The third-order valence-corrected chi connectivity index (χ3v) is 4.58. The van der Waals surface area contributed by atoms with Gasteiger partial charge in [0.1, 0.15) is 5.82 Å². The summed E-state index contributed by atoms with van der Waals surface area (Å²) in [5.74, 6) is 1.32. The number of anilines is 3. The van der Waals surface area contributed by atoms with Gasteiger partial charge in [-0.15, -0.1) is 0 Å². The molecule has 2 aromatic carbocycles. The average molecular weight is 383 g/mol. The molecule has 3 N–H and O–H groups in total. The molecule has 0 saturated carbocycles. The normalized spacial score (nSPS) is 12.0. The molecule has 0 unspecified atom stereocenters. The first-order valence-corrected chi connectivity index (χ1v) is 9.28. The predicted octanol–water partition coefficient (Wildman–Crippen LogP) is 4.97. The Morgan fingerprint density at radius 3 is 2.37 bits per heavy atom. The number of rotatable bonds is 7. The molecule has 1 atom stereocenters. The van der Waals surface area contributed by atoms with Crippen LogP contribution in [0.2, 0.25) is 5.02 Å². The highest BCUT2D eigenvalue weighted by molar-refractivity contribution is 6.33. The van der Waals surface area contributed by atoms with Crippen LogP contribution in [-0.2, 0) is 0 Å². The van der Waals surface area contributed by atoms with E-state index in [9.17, 15) is 5.11 Å². The summed E-state index contributed by atoms with van der Waals surface area (Å²) in [7, 11) is 0. The van der Waals surface area contributed by atoms with Gasteiger partial charge in [-0.3, -0.25) is 0 Å². The second kappa shape index (κ2) is 8.84. The van der Waals surface area contributed by atoms with Gasteiger partial charge in [-0.1, -0.05) is 67.9 Å². The van der Waals surface area contributed by atoms with E-state index < -0.39 is 0 Å². The molecule has 0 aliphatic heterocycles. The van der Waals surface area contributed by atoms with E-state index in [0.29, 0.717) is 16.8 Å². The van der Waals surface area contributed by atoms with E-state index in [-0.39, 0.29) is 18.6 Å². The first-order chi connectivity index (χ1) is 13.1. The minimum absolute atomic E-state index is 0.00384. The van der Waals surface area contributed by atoms with Crippen molar-refractivity contribution in [3.8, 4) is 11.3 Å². The van der Waals surface area contributed by atoms with E-state index in [0.717, 1.165) is 16.9 Å². The molecule has 27 heavy (non-hydrogen) atoms. The molecule has 5 nitrogen and oxygen atoms in total. The summed E-state index contributed by atoms with van der Waals surface area (Å²) in [5, 5.41) is 16.7. The van der Waals surface area contributed by atoms with Crippen molar-refractivity contribution >= 4 is 29.1 Å². The summed E-state index contributed by atoms with van der Waals surface area (Å²) in [5.41, 5.74) is 2.53. The second-order valence-electron chi connectivity index (χ2n) is 6.61. The fourth-order valence-electron chi connectivity index (χ4n) is 2.62. The van der Waals surface area contributed by atoms with E-state index in [1.54, 1.807) is 0 Å². The molecule has 0 radical (unpaired) electrons. The van der Waals surface area contributed by atoms with Gasteiger partial charge < -0.3 is 15.7 Å². The van der Waals surface area contributed by atoms with E-state index in [1.165, 1.54) is 0 Å². The molecule has 1 aromatic heterocycles. The summed E-state index contributed by atoms with van der Waals surface area (Å²) >= 11 is 6.26. The number of nitrogens with one attached hydrogen (secondary N) is 2. The Kier molecular flexibility index (Phi) is 6.27. The van der Waals surface area contributed by atoms with Crippen LogP contribution < -0.4 is 10.6 Å². The van der Waals surface area contributed by atoms with Crippen molar-refractivity contribution < 1.29 is 5.11 Å². The smallest absolute Gasteiger partial charge is 0.225 e. The maximum Gasteiger partial charge on any atom is 0.225 e. The Bertz CT molecular complexity index is 886. The van der Waals surface area contributed by atoms with E-state index >= 15 is 0 Å². The standard InChI is InChI=1S/C21H23ClN4O/c1-14(2)19(13-27)25-21-24-18(15-8-4-3-5-9-15)12-20(26-21)23-17-11-7-6-10-16(17)22/h3-12,14,19,27H,13H2,1-2H3,(H2,23,24,25,26)/t19-/m1/s1. The zero-order valence-corrected chi connectivity index (χ0v) is 16.1.